The van der Waals surface area contributed by atoms with E-state index in [4.69, 9.17) is 4.43 Å². The lowest BCUT2D eigenvalue weighted by Crippen LogP contribution is -2.38. The fraction of sp³-hybridized carbons (Fsp3) is 0.909. The Bertz CT molecular complexity index is 246. The van der Waals surface area contributed by atoms with Crippen LogP contribution in [0, 0.1) is 0 Å². The zero-order chi connectivity index (χ0) is 12.2. The number of carbonyl (C=O) groups is 1. The Hall–Kier alpha value is -0.553. The van der Waals surface area contributed by atoms with E-state index in [1.807, 2.05) is 12.0 Å². The maximum absolute atomic E-state index is 11.4. The largest absolute Gasteiger partial charge is 0.420 e. The maximum Gasteiger partial charge on any atom is 0.317 e. The van der Waals surface area contributed by atoms with E-state index in [2.05, 4.69) is 25.3 Å². The van der Waals surface area contributed by atoms with Crippen molar-refractivity contribution in [2.45, 2.75) is 38.4 Å². The Labute approximate surface area is 99.5 Å². The topological polar surface area (TPSA) is 41.6 Å². The number of hydrogen-bond donors (Lipinski definition) is 1. The highest BCUT2D eigenvalue weighted by Crippen LogP contribution is 2.29. The first-order valence-corrected chi connectivity index (χ1v) is 9.07. The van der Waals surface area contributed by atoms with E-state index in [-0.39, 0.29) is 6.03 Å². The number of carbonyl (C=O) groups excluding carboxylic acids is 1. The summed E-state index contributed by atoms with van der Waals surface area (Å²) in [5.74, 6) is 0. The van der Waals surface area contributed by atoms with Crippen molar-refractivity contribution in [1.29, 1.82) is 0 Å². The molecular formula is C11H24N2O2Si. The molecule has 1 heterocycles. The first-order valence-electron chi connectivity index (χ1n) is 6.09. The van der Waals surface area contributed by atoms with Gasteiger partial charge < -0.3 is 14.6 Å². The lowest BCUT2D eigenvalue weighted by atomic mass is 10.2. The van der Waals surface area contributed by atoms with E-state index in [1.54, 1.807) is 0 Å². The molecule has 0 aromatic rings. The highest BCUT2D eigenvalue weighted by Gasteiger charge is 2.32. The molecule has 1 saturated heterocycles. The third-order valence-corrected chi connectivity index (χ3v) is 7.41. The molecule has 4 nitrogen and oxygen atoms in total. The Balaban J connectivity index is 2.42. The number of nitrogens with one attached hydrogen (secondary N) is 1. The molecule has 0 aromatic heterocycles. The Morgan fingerprint density at radius 3 is 2.69 bits per heavy atom. The molecule has 16 heavy (non-hydrogen) atoms. The molecule has 94 valence electrons. The van der Waals surface area contributed by atoms with Crippen LogP contribution in [0.5, 0.6) is 0 Å². The van der Waals surface area contributed by atoms with Crippen LogP contribution in [0.3, 0.4) is 0 Å². The molecule has 0 saturated carbocycles. The fourth-order valence-corrected chi connectivity index (χ4v) is 4.39. The number of amides is 2. The molecule has 0 spiro atoms. The summed E-state index contributed by atoms with van der Waals surface area (Å²) in [6, 6.07) is 0.0896. The number of rotatable bonds is 6. The summed E-state index contributed by atoms with van der Waals surface area (Å²) < 4.78 is 5.65. The van der Waals surface area contributed by atoms with Crippen LogP contribution in [0.15, 0.2) is 0 Å². The first kappa shape index (κ1) is 13.5. The molecule has 1 aliphatic heterocycles. The highest BCUT2D eigenvalue weighted by atomic mass is 28.4. The van der Waals surface area contributed by atoms with E-state index in [9.17, 15) is 4.79 Å². The zero-order valence-corrected chi connectivity index (χ0v) is 11.9. The predicted octanol–water partition coefficient (Wildman–Crippen LogP) is 2.03. The average Bonchev–Trinajstić information content (AvgIpc) is 2.65. The molecule has 5 heteroatoms. The summed E-state index contributed by atoms with van der Waals surface area (Å²) in [5, 5.41) is 2.83. The predicted molar refractivity (Wildman–Crippen MR) is 68.1 cm³/mol. The molecule has 1 atom stereocenters. The van der Waals surface area contributed by atoms with Gasteiger partial charge in [0.1, 0.15) is 0 Å². The molecule has 0 radical (unpaired) electrons. The Morgan fingerprint density at radius 1 is 1.56 bits per heavy atom. The van der Waals surface area contributed by atoms with Crippen molar-refractivity contribution in [3.8, 4) is 0 Å². The lowest BCUT2D eigenvalue weighted by Gasteiger charge is -2.31. The van der Waals surface area contributed by atoms with E-state index in [0.717, 1.165) is 32.5 Å². The van der Waals surface area contributed by atoms with Crippen LogP contribution in [0.1, 0.15) is 19.8 Å². The van der Waals surface area contributed by atoms with Gasteiger partial charge in [0, 0.05) is 26.7 Å². The molecule has 1 fully saturated rings. The highest BCUT2D eigenvalue weighted by molar-refractivity contribution is 6.72. The van der Waals surface area contributed by atoms with E-state index in [1.165, 1.54) is 0 Å². The fourth-order valence-electron chi connectivity index (χ4n) is 2.25. The van der Waals surface area contributed by atoms with Gasteiger partial charge in [0.25, 0.3) is 0 Å². The van der Waals surface area contributed by atoms with Crippen LogP contribution in [-0.2, 0) is 4.43 Å². The van der Waals surface area contributed by atoms with Crippen LogP contribution in [0.4, 0.5) is 4.79 Å². The first-order chi connectivity index (χ1) is 7.51. The number of hydrogen-bond acceptors (Lipinski definition) is 2. The molecular weight excluding hydrogens is 220 g/mol. The minimum atomic E-state index is -1.56. The van der Waals surface area contributed by atoms with Gasteiger partial charge in [-0.15, -0.1) is 0 Å². The Morgan fingerprint density at radius 2 is 2.25 bits per heavy atom. The van der Waals surface area contributed by atoms with Gasteiger partial charge in [0.2, 0.25) is 0 Å². The third-order valence-electron chi connectivity index (χ3n) is 3.69. The van der Waals surface area contributed by atoms with Crippen LogP contribution in [-0.4, -0.2) is 46.0 Å². The van der Waals surface area contributed by atoms with Gasteiger partial charge >= 0.3 is 6.03 Å². The van der Waals surface area contributed by atoms with Crippen molar-refractivity contribution in [1.82, 2.24) is 10.2 Å². The molecule has 0 bridgehead atoms. The van der Waals surface area contributed by atoms with Gasteiger partial charge in [-0.1, -0.05) is 13.3 Å². The summed E-state index contributed by atoms with van der Waals surface area (Å²) >= 11 is 0. The number of urea groups is 1. The molecule has 0 aliphatic carbocycles. The Kier molecular flexibility index (Phi) is 4.80. The van der Waals surface area contributed by atoms with Crippen molar-refractivity contribution < 1.29 is 9.22 Å². The molecule has 2 amide bonds. The van der Waals surface area contributed by atoms with Crippen LogP contribution >= 0.6 is 0 Å². The quantitative estimate of drug-likeness (QED) is 0.726. The summed E-state index contributed by atoms with van der Waals surface area (Å²) in [6.45, 7) is 9.23. The van der Waals surface area contributed by atoms with Crippen molar-refractivity contribution in [3.63, 3.8) is 0 Å². The van der Waals surface area contributed by atoms with Gasteiger partial charge in [-0.3, -0.25) is 0 Å². The second-order valence-corrected chi connectivity index (χ2v) is 9.35. The van der Waals surface area contributed by atoms with Crippen LogP contribution in [0.25, 0.3) is 0 Å². The van der Waals surface area contributed by atoms with Crippen molar-refractivity contribution in [2.75, 3.05) is 26.7 Å². The second kappa shape index (κ2) is 5.68. The van der Waals surface area contributed by atoms with Gasteiger partial charge in [-0.25, -0.2) is 4.79 Å². The summed E-state index contributed by atoms with van der Waals surface area (Å²) in [7, 11) is 0.258. The summed E-state index contributed by atoms with van der Waals surface area (Å²) in [6.07, 6.45) is 2.21. The van der Waals surface area contributed by atoms with Crippen LogP contribution < -0.4 is 5.32 Å². The van der Waals surface area contributed by atoms with Gasteiger partial charge in [-0.2, -0.15) is 0 Å². The minimum Gasteiger partial charge on any atom is -0.420 e. The normalized spacial score (nSPS) is 18.8. The smallest absolute Gasteiger partial charge is 0.317 e. The van der Waals surface area contributed by atoms with Gasteiger partial charge in [0.15, 0.2) is 8.32 Å². The minimum absolute atomic E-state index is 0.0896. The van der Waals surface area contributed by atoms with Crippen molar-refractivity contribution >= 4 is 14.3 Å². The average molecular weight is 244 g/mol. The third kappa shape index (κ3) is 3.22. The van der Waals surface area contributed by atoms with E-state index < -0.39 is 8.32 Å². The van der Waals surface area contributed by atoms with Crippen molar-refractivity contribution in [2.24, 2.45) is 0 Å². The van der Waals surface area contributed by atoms with E-state index in [0.29, 0.717) is 5.54 Å². The van der Waals surface area contributed by atoms with Crippen molar-refractivity contribution in [3.05, 3.63) is 0 Å². The molecule has 1 unspecified atom stereocenters. The SMILES string of the molecule is CCC(CCN1CCNC1=O)[Si](C)(C)OC. The molecule has 0 aromatic carbocycles. The zero-order valence-electron chi connectivity index (χ0n) is 10.9. The summed E-state index contributed by atoms with van der Waals surface area (Å²) in [4.78, 5) is 13.3. The molecule has 1 aliphatic rings. The van der Waals surface area contributed by atoms with Gasteiger partial charge in [-0.05, 0) is 25.1 Å². The maximum atomic E-state index is 11.4. The summed E-state index contributed by atoms with van der Waals surface area (Å²) in [5.41, 5.74) is 0.630. The number of nitrogens with zero attached hydrogens (tertiary/aromatic N) is 1. The lowest BCUT2D eigenvalue weighted by molar-refractivity contribution is 0.216. The van der Waals surface area contributed by atoms with Gasteiger partial charge in [0.05, 0.1) is 0 Å². The molecule has 1 rings (SSSR count). The second-order valence-electron chi connectivity index (χ2n) is 4.92. The standard InChI is InChI=1S/C11H24N2O2Si/c1-5-10(16(3,4)15-2)6-8-13-9-7-12-11(13)14/h10H,5-9H2,1-4H3,(H,12,14). The van der Waals surface area contributed by atoms with E-state index >= 15 is 0 Å². The monoisotopic (exact) mass is 244 g/mol. The molecule has 1 N–H and O–H groups in total. The van der Waals surface area contributed by atoms with Crippen LogP contribution in [0.2, 0.25) is 18.6 Å².